The van der Waals surface area contributed by atoms with E-state index in [2.05, 4.69) is 0 Å². The number of likely N-dealkylation sites (tertiary alicyclic amines) is 1. The molecular formula is C38H35ClN2O7. The number of methoxy groups -OCH3 is 2. The van der Waals surface area contributed by atoms with Crippen molar-refractivity contribution in [2.45, 2.75) is 25.2 Å². The number of phenolic OH excluding ortho intramolecular Hbond substituents is 1. The number of carbonyl (C=O) groups excluding carboxylic acids is 4. The standard InChI is InChI=1S/C38H35ClN2O7/c1-4-40-34(43)26-15-14-25-27(32(26)36(40)45)20-29-35(44)41(24-12-8-11-23(39)19-24)37(46)38(29,22-9-6-5-7-10-22)28(25)16-13-21-17-30(47-2)33(42)31(18-21)48-3/h5-14,16-19,26-29,32,42H,4,15,20H2,1-3H3. The molecule has 3 aromatic carbocycles. The molecule has 0 radical (unpaired) electrons. The van der Waals surface area contributed by atoms with Gasteiger partial charge >= 0.3 is 0 Å². The number of rotatable bonds is 7. The van der Waals surface area contributed by atoms with E-state index in [0.717, 1.165) is 5.57 Å². The Labute approximate surface area is 283 Å². The summed E-state index contributed by atoms with van der Waals surface area (Å²) in [6.07, 6.45) is 6.34. The maximum absolute atomic E-state index is 15.2. The molecule has 2 aliphatic heterocycles. The number of hydrogen-bond acceptors (Lipinski definition) is 7. The van der Waals surface area contributed by atoms with Crippen LogP contribution in [0.15, 0.2) is 84.5 Å². The first-order chi connectivity index (χ1) is 23.2. The molecule has 4 aliphatic rings. The number of benzene rings is 3. The molecule has 7 rings (SSSR count). The second-order valence-corrected chi connectivity index (χ2v) is 13.1. The van der Waals surface area contributed by atoms with Crippen molar-refractivity contribution >= 4 is 47.0 Å². The number of allylic oxidation sites excluding steroid dienone is 3. The van der Waals surface area contributed by atoms with Gasteiger partial charge in [-0.25, -0.2) is 4.90 Å². The van der Waals surface area contributed by atoms with Gasteiger partial charge < -0.3 is 14.6 Å². The van der Waals surface area contributed by atoms with Crippen LogP contribution < -0.4 is 14.4 Å². The molecule has 3 fully saturated rings. The number of fused-ring (bicyclic) bond motifs is 4. The molecule has 9 nitrogen and oxygen atoms in total. The number of phenols is 1. The maximum Gasteiger partial charge on any atom is 0.246 e. The predicted molar refractivity (Wildman–Crippen MR) is 179 cm³/mol. The summed E-state index contributed by atoms with van der Waals surface area (Å²) < 4.78 is 10.8. The minimum absolute atomic E-state index is 0.143. The number of aromatic hydroxyl groups is 1. The lowest BCUT2D eigenvalue weighted by Crippen LogP contribution is -2.54. The van der Waals surface area contributed by atoms with Crippen LogP contribution in [0.1, 0.15) is 30.9 Å². The summed E-state index contributed by atoms with van der Waals surface area (Å²) in [7, 11) is 2.89. The highest BCUT2D eigenvalue weighted by Gasteiger charge is 2.69. The van der Waals surface area contributed by atoms with Gasteiger partial charge in [-0.1, -0.05) is 71.8 Å². The van der Waals surface area contributed by atoms with Crippen LogP contribution in [-0.4, -0.2) is 54.4 Å². The molecule has 48 heavy (non-hydrogen) atoms. The Morgan fingerprint density at radius 3 is 2.27 bits per heavy atom. The quantitative estimate of drug-likeness (QED) is 0.251. The second kappa shape index (κ2) is 12.0. The minimum atomic E-state index is -1.37. The lowest BCUT2D eigenvalue weighted by Gasteiger charge is -2.49. The zero-order valence-corrected chi connectivity index (χ0v) is 27.5. The highest BCUT2D eigenvalue weighted by Crippen LogP contribution is 2.62. The molecule has 6 unspecified atom stereocenters. The predicted octanol–water partition coefficient (Wildman–Crippen LogP) is 5.79. The average molecular weight is 667 g/mol. The molecule has 6 atom stereocenters. The van der Waals surface area contributed by atoms with Gasteiger partial charge in [-0.05, 0) is 67.1 Å². The number of ether oxygens (including phenoxy) is 2. The van der Waals surface area contributed by atoms with Gasteiger partial charge in [0.05, 0.1) is 43.1 Å². The van der Waals surface area contributed by atoms with E-state index in [9.17, 15) is 19.5 Å². The Balaban J connectivity index is 1.46. The molecule has 0 spiro atoms. The number of hydrogen-bond donors (Lipinski definition) is 1. The van der Waals surface area contributed by atoms with Crippen molar-refractivity contribution in [3.8, 4) is 17.2 Å². The summed E-state index contributed by atoms with van der Waals surface area (Å²) in [5.74, 6) is -3.99. The molecule has 2 heterocycles. The van der Waals surface area contributed by atoms with Crippen molar-refractivity contribution in [3.63, 3.8) is 0 Å². The van der Waals surface area contributed by atoms with Crippen molar-refractivity contribution in [3.05, 3.63) is 101 Å². The molecule has 2 saturated heterocycles. The van der Waals surface area contributed by atoms with E-state index < -0.39 is 35.0 Å². The van der Waals surface area contributed by atoms with Gasteiger partial charge in [0.15, 0.2) is 11.5 Å². The smallest absolute Gasteiger partial charge is 0.246 e. The van der Waals surface area contributed by atoms with Crippen molar-refractivity contribution in [2.75, 3.05) is 25.7 Å². The van der Waals surface area contributed by atoms with Crippen LogP contribution in [-0.2, 0) is 24.6 Å². The first-order valence-corrected chi connectivity index (χ1v) is 16.4. The third-order valence-electron chi connectivity index (χ3n) is 10.6. The minimum Gasteiger partial charge on any atom is -0.502 e. The van der Waals surface area contributed by atoms with E-state index in [1.807, 2.05) is 48.6 Å². The van der Waals surface area contributed by atoms with E-state index in [-0.39, 0.29) is 53.8 Å². The Kier molecular flexibility index (Phi) is 7.90. The zero-order chi connectivity index (χ0) is 33.9. The lowest BCUT2D eigenvalue weighted by atomic mass is 9.50. The molecule has 4 amide bonds. The van der Waals surface area contributed by atoms with Crippen LogP contribution in [0.25, 0.3) is 6.08 Å². The largest absolute Gasteiger partial charge is 0.502 e. The van der Waals surface area contributed by atoms with Crippen LogP contribution in [0.5, 0.6) is 17.2 Å². The average Bonchev–Trinajstić information content (AvgIpc) is 3.48. The third kappa shape index (κ3) is 4.51. The van der Waals surface area contributed by atoms with Gasteiger partial charge in [0.2, 0.25) is 29.4 Å². The highest BCUT2D eigenvalue weighted by molar-refractivity contribution is 6.32. The van der Waals surface area contributed by atoms with Crippen molar-refractivity contribution < 1.29 is 33.8 Å². The summed E-state index contributed by atoms with van der Waals surface area (Å²) >= 11 is 6.37. The summed E-state index contributed by atoms with van der Waals surface area (Å²) in [6.45, 7) is 2.06. The Hall–Kier alpha value is -4.89. The fourth-order valence-electron chi connectivity index (χ4n) is 8.58. The number of nitrogens with zero attached hydrogens (tertiary/aromatic N) is 2. The molecule has 1 saturated carbocycles. The van der Waals surface area contributed by atoms with E-state index in [0.29, 0.717) is 28.3 Å². The first kappa shape index (κ1) is 31.7. The lowest BCUT2D eigenvalue weighted by molar-refractivity contribution is -0.140. The van der Waals surface area contributed by atoms with Crippen molar-refractivity contribution in [2.24, 2.45) is 29.6 Å². The SMILES string of the molecule is CCN1C(=O)C2CC=C3C(CC4C(=O)N(c5cccc(Cl)c5)C(=O)C4(c4ccccc4)C3C=Cc3cc(OC)c(O)c(OC)c3)C2C1=O. The van der Waals surface area contributed by atoms with E-state index in [1.54, 1.807) is 43.3 Å². The zero-order valence-electron chi connectivity index (χ0n) is 26.8. The van der Waals surface area contributed by atoms with Crippen LogP contribution >= 0.6 is 11.6 Å². The molecule has 246 valence electrons. The molecule has 1 N–H and O–H groups in total. The van der Waals surface area contributed by atoms with Gasteiger partial charge in [0, 0.05) is 17.5 Å². The molecule has 3 aromatic rings. The summed E-state index contributed by atoms with van der Waals surface area (Å²) in [5, 5.41) is 10.9. The Bertz CT molecular complexity index is 1880. The molecule has 10 heteroatoms. The Morgan fingerprint density at radius 2 is 1.62 bits per heavy atom. The number of amides is 4. The topological polar surface area (TPSA) is 113 Å². The second-order valence-electron chi connectivity index (χ2n) is 12.7. The van der Waals surface area contributed by atoms with Gasteiger partial charge in [-0.3, -0.25) is 24.1 Å². The van der Waals surface area contributed by atoms with E-state index >= 15 is 4.79 Å². The van der Waals surface area contributed by atoms with Crippen LogP contribution in [0.3, 0.4) is 0 Å². The third-order valence-corrected chi connectivity index (χ3v) is 10.9. The summed E-state index contributed by atoms with van der Waals surface area (Å²) in [4.78, 5) is 59.6. The van der Waals surface area contributed by atoms with Gasteiger partial charge in [-0.15, -0.1) is 0 Å². The summed E-state index contributed by atoms with van der Waals surface area (Å²) in [5.41, 5.74) is 1.17. The molecule has 0 bridgehead atoms. The van der Waals surface area contributed by atoms with Crippen LogP contribution in [0.4, 0.5) is 5.69 Å². The summed E-state index contributed by atoms with van der Waals surface area (Å²) in [6, 6.07) is 19.3. The van der Waals surface area contributed by atoms with Crippen molar-refractivity contribution in [1.82, 2.24) is 4.90 Å². The molecular weight excluding hydrogens is 632 g/mol. The van der Waals surface area contributed by atoms with Crippen LogP contribution in [0, 0.1) is 29.6 Å². The van der Waals surface area contributed by atoms with E-state index in [1.165, 1.54) is 24.0 Å². The van der Waals surface area contributed by atoms with Gasteiger partial charge in [-0.2, -0.15) is 0 Å². The number of anilines is 1. The van der Waals surface area contributed by atoms with Crippen molar-refractivity contribution in [1.29, 1.82) is 0 Å². The monoisotopic (exact) mass is 666 g/mol. The molecule has 0 aromatic heterocycles. The molecule has 2 aliphatic carbocycles. The normalized spacial score (nSPS) is 28.0. The number of imide groups is 2. The number of halogens is 1. The van der Waals surface area contributed by atoms with E-state index in [4.69, 9.17) is 21.1 Å². The van der Waals surface area contributed by atoms with Gasteiger partial charge in [0.25, 0.3) is 0 Å². The number of carbonyl (C=O) groups is 4. The first-order valence-electron chi connectivity index (χ1n) is 16.0. The maximum atomic E-state index is 15.2. The van der Waals surface area contributed by atoms with Gasteiger partial charge in [0.1, 0.15) is 0 Å². The Morgan fingerprint density at radius 1 is 0.917 bits per heavy atom. The highest BCUT2D eigenvalue weighted by atomic mass is 35.5. The fourth-order valence-corrected chi connectivity index (χ4v) is 8.77. The fraction of sp³-hybridized carbons (Fsp3) is 0.316. The van der Waals surface area contributed by atoms with Crippen LogP contribution in [0.2, 0.25) is 5.02 Å².